The zero-order valence-corrected chi connectivity index (χ0v) is 13.4. The third kappa shape index (κ3) is 3.39. The molecule has 3 rings (SSSR count). The highest BCUT2D eigenvalue weighted by atomic mass is 32.1. The van der Waals surface area contributed by atoms with Gasteiger partial charge in [0.05, 0.1) is 12.8 Å². The predicted octanol–water partition coefficient (Wildman–Crippen LogP) is 2.98. The quantitative estimate of drug-likeness (QED) is 0.889. The molecule has 6 heteroatoms. The van der Waals surface area contributed by atoms with Crippen LogP contribution in [-0.2, 0) is 6.54 Å². The minimum absolute atomic E-state index is 0.475. The molecule has 0 radical (unpaired) electrons. The van der Waals surface area contributed by atoms with Crippen molar-refractivity contribution in [1.29, 1.82) is 0 Å². The molecule has 0 spiro atoms. The first kappa shape index (κ1) is 14.4. The molecule has 0 amide bonds. The largest absolute Gasteiger partial charge is 0.480 e. The minimum atomic E-state index is 0.475. The summed E-state index contributed by atoms with van der Waals surface area (Å²) < 4.78 is 5.05. The summed E-state index contributed by atoms with van der Waals surface area (Å²) in [6.07, 6.45) is 2.51. The van der Waals surface area contributed by atoms with Gasteiger partial charge in [-0.2, -0.15) is 0 Å². The molecule has 1 aliphatic carbocycles. The molecule has 5 nitrogen and oxygen atoms in total. The lowest BCUT2D eigenvalue weighted by Crippen LogP contribution is -2.21. The summed E-state index contributed by atoms with van der Waals surface area (Å²) in [5.74, 6) is 1.17. The zero-order valence-electron chi connectivity index (χ0n) is 12.6. The minimum Gasteiger partial charge on any atom is -0.480 e. The van der Waals surface area contributed by atoms with Crippen LogP contribution < -0.4 is 10.1 Å². The van der Waals surface area contributed by atoms with E-state index in [0.717, 1.165) is 17.2 Å². The molecular formula is C15H20N4OS. The van der Waals surface area contributed by atoms with E-state index in [2.05, 4.69) is 29.4 Å². The second-order valence-electron chi connectivity index (χ2n) is 5.60. The fraction of sp³-hybridized carbons (Fsp3) is 0.533. The fourth-order valence-electron chi connectivity index (χ4n) is 2.12. The summed E-state index contributed by atoms with van der Waals surface area (Å²) in [5.41, 5.74) is 2.07. The van der Waals surface area contributed by atoms with E-state index >= 15 is 0 Å². The number of aromatic nitrogens is 3. The summed E-state index contributed by atoms with van der Waals surface area (Å²) in [5, 5.41) is 12.7. The highest BCUT2D eigenvalue weighted by Crippen LogP contribution is 2.44. The number of thiazole rings is 1. The van der Waals surface area contributed by atoms with Crippen LogP contribution in [0.3, 0.4) is 0 Å². The van der Waals surface area contributed by atoms with Gasteiger partial charge in [-0.3, -0.25) is 0 Å². The van der Waals surface area contributed by atoms with Crippen molar-refractivity contribution in [2.45, 2.75) is 45.2 Å². The van der Waals surface area contributed by atoms with Gasteiger partial charge in [0.25, 0.3) is 0 Å². The van der Waals surface area contributed by atoms with Gasteiger partial charge in [-0.1, -0.05) is 13.8 Å². The number of nitrogens with one attached hydrogen (secondary N) is 1. The summed E-state index contributed by atoms with van der Waals surface area (Å²) >= 11 is 1.72. The van der Waals surface area contributed by atoms with E-state index in [-0.39, 0.29) is 0 Å². The summed E-state index contributed by atoms with van der Waals surface area (Å²) in [7, 11) is 1.59. The summed E-state index contributed by atoms with van der Waals surface area (Å²) in [6, 6.07) is 4.22. The van der Waals surface area contributed by atoms with Crippen LogP contribution in [0.4, 0.5) is 0 Å². The van der Waals surface area contributed by atoms with Crippen LogP contribution >= 0.6 is 11.3 Å². The van der Waals surface area contributed by atoms with Crippen LogP contribution in [-0.4, -0.2) is 28.3 Å². The third-order valence-corrected chi connectivity index (χ3v) is 4.52. The number of methoxy groups -OCH3 is 1. The Morgan fingerprint density at radius 3 is 2.71 bits per heavy atom. The molecule has 0 aliphatic heterocycles. The molecule has 112 valence electrons. The van der Waals surface area contributed by atoms with Gasteiger partial charge >= 0.3 is 0 Å². The standard InChI is InChI=1S/C15H20N4OS/c1-9(2)16-8-12-14(10-4-5-10)17-15(21-12)11-6-7-13(20-3)19-18-11/h6-7,9-10,16H,4-5,8H2,1-3H3. The topological polar surface area (TPSA) is 59.9 Å². The molecular weight excluding hydrogens is 284 g/mol. The summed E-state index contributed by atoms with van der Waals surface area (Å²) in [6.45, 7) is 5.20. The fourth-order valence-corrected chi connectivity index (χ4v) is 3.18. The van der Waals surface area contributed by atoms with E-state index in [1.165, 1.54) is 23.4 Å². The maximum atomic E-state index is 5.05. The normalized spacial score (nSPS) is 14.7. The van der Waals surface area contributed by atoms with Gasteiger partial charge < -0.3 is 10.1 Å². The molecule has 21 heavy (non-hydrogen) atoms. The van der Waals surface area contributed by atoms with Crippen LogP contribution in [0.2, 0.25) is 0 Å². The van der Waals surface area contributed by atoms with Crippen molar-refractivity contribution in [1.82, 2.24) is 20.5 Å². The first-order valence-corrected chi connectivity index (χ1v) is 8.10. The lowest BCUT2D eigenvalue weighted by molar-refractivity contribution is 0.392. The average Bonchev–Trinajstić information content (AvgIpc) is 3.25. The van der Waals surface area contributed by atoms with Crippen LogP contribution in [0, 0.1) is 0 Å². The maximum Gasteiger partial charge on any atom is 0.233 e. The average molecular weight is 304 g/mol. The van der Waals surface area contributed by atoms with Gasteiger partial charge in [-0.25, -0.2) is 4.98 Å². The van der Waals surface area contributed by atoms with Gasteiger partial charge in [0, 0.05) is 29.4 Å². The van der Waals surface area contributed by atoms with Crippen LogP contribution in [0.5, 0.6) is 5.88 Å². The highest BCUT2D eigenvalue weighted by Gasteiger charge is 2.30. The number of nitrogens with zero attached hydrogens (tertiary/aromatic N) is 3. The second kappa shape index (κ2) is 6.07. The monoisotopic (exact) mass is 304 g/mol. The Kier molecular flexibility index (Phi) is 4.17. The van der Waals surface area contributed by atoms with Crippen molar-refractivity contribution in [2.75, 3.05) is 7.11 Å². The van der Waals surface area contributed by atoms with Crippen molar-refractivity contribution >= 4 is 11.3 Å². The van der Waals surface area contributed by atoms with Crippen molar-refractivity contribution in [3.8, 4) is 16.6 Å². The maximum absolute atomic E-state index is 5.05. The predicted molar refractivity (Wildman–Crippen MR) is 83.6 cm³/mol. The van der Waals surface area contributed by atoms with E-state index in [4.69, 9.17) is 9.72 Å². The molecule has 0 aromatic carbocycles. The van der Waals surface area contributed by atoms with Gasteiger partial charge in [0.15, 0.2) is 0 Å². The molecule has 1 fully saturated rings. The molecule has 1 saturated carbocycles. The van der Waals surface area contributed by atoms with E-state index in [1.807, 2.05) is 12.1 Å². The first-order valence-electron chi connectivity index (χ1n) is 7.28. The Hall–Kier alpha value is -1.53. The van der Waals surface area contributed by atoms with Crippen molar-refractivity contribution in [3.05, 3.63) is 22.7 Å². The molecule has 0 atom stereocenters. The lowest BCUT2D eigenvalue weighted by Gasteiger charge is -2.06. The van der Waals surface area contributed by atoms with Gasteiger partial charge in [0.1, 0.15) is 10.7 Å². The van der Waals surface area contributed by atoms with E-state index in [1.54, 1.807) is 18.4 Å². The van der Waals surface area contributed by atoms with Crippen LogP contribution in [0.25, 0.3) is 10.7 Å². The Balaban J connectivity index is 1.86. The Labute approximate surface area is 128 Å². The van der Waals surface area contributed by atoms with Gasteiger partial charge in [0.2, 0.25) is 5.88 Å². The smallest absolute Gasteiger partial charge is 0.233 e. The molecule has 1 aliphatic rings. The Morgan fingerprint density at radius 2 is 2.14 bits per heavy atom. The van der Waals surface area contributed by atoms with Gasteiger partial charge in [-0.05, 0) is 18.9 Å². The molecule has 0 unspecified atom stereocenters. The van der Waals surface area contributed by atoms with E-state index < -0.39 is 0 Å². The van der Waals surface area contributed by atoms with E-state index in [0.29, 0.717) is 17.8 Å². The molecule has 2 aromatic rings. The zero-order chi connectivity index (χ0) is 14.8. The number of hydrogen-bond acceptors (Lipinski definition) is 6. The second-order valence-corrected chi connectivity index (χ2v) is 6.68. The lowest BCUT2D eigenvalue weighted by atomic mass is 10.2. The summed E-state index contributed by atoms with van der Waals surface area (Å²) in [4.78, 5) is 6.14. The molecule has 0 bridgehead atoms. The molecule has 1 N–H and O–H groups in total. The van der Waals surface area contributed by atoms with Gasteiger partial charge in [-0.15, -0.1) is 21.5 Å². The molecule has 0 saturated heterocycles. The Bertz CT molecular complexity index is 605. The highest BCUT2D eigenvalue weighted by molar-refractivity contribution is 7.15. The Morgan fingerprint density at radius 1 is 1.33 bits per heavy atom. The van der Waals surface area contributed by atoms with Crippen molar-refractivity contribution in [3.63, 3.8) is 0 Å². The number of hydrogen-bond donors (Lipinski definition) is 1. The van der Waals surface area contributed by atoms with E-state index in [9.17, 15) is 0 Å². The van der Waals surface area contributed by atoms with Crippen LogP contribution in [0.1, 0.15) is 43.2 Å². The SMILES string of the molecule is COc1ccc(-c2nc(C3CC3)c(CNC(C)C)s2)nn1. The number of rotatable bonds is 6. The van der Waals surface area contributed by atoms with Crippen LogP contribution in [0.15, 0.2) is 12.1 Å². The number of ether oxygens (including phenoxy) is 1. The van der Waals surface area contributed by atoms with Crippen molar-refractivity contribution < 1.29 is 4.74 Å². The first-order chi connectivity index (χ1) is 10.2. The molecule has 2 heterocycles. The molecule has 2 aromatic heterocycles. The van der Waals surface area contributed by atoms with Crippen molar-refractivity contribution in [2.24, 2.45) is 0 Å². The third-order valence-electron chi connectivity index (χ3n) is 3.43.